The molecule has 10 nitrogen and oxygen atoms in total. The molecule has 3 aromatic carbocycles. The highest BCUT2D eigenvalue weighted by atomic mass is 16.5. The van der Waals surface area contributed by atoms with Crippen LogP contribution in [-0.4, -0.2) is 41.8 Å². The average Bonchev–Trinajstić information content (AvgIpc) is 2.95. The van der Waals surface area contributed by atoms with Gasteiger partial charge in [0.25, 0.3) is 5.56 Å². The van der Waals surface area contributed by atoms with Gasteiger partial charge in [0, 0.05) is 18.3 Å². The number of carbonyl (C=O) groups excluding carboxylic acids is 2. The monoisotopic (exact) mass is 531 g/mol. The van der Waals surface area contributed by atoms with Crippen molar-refractivity contribution in [3.63, 3.8) is 0 Å². The second kappa shape index (κ2) is 12.1. The highest BCUT2D eigenvalue weighted by molar-refractivity contribution is 5.93. The zero-order chi connectivity index (χ0) is 27.9. The number of hydrogen-bond donors (Lipinski definition) is 1. The minimum absolute atomic E-state index is 0.128. The molecule has 202 valence electrons. The van der Waals surface area contributed by atoms with Gasteiger partial charge in [-0.2, -0.15) is 0 Å². The number of methoxy groups -OCH3 is 2. The van der Waals surface area contributed by atoms with Crippen molar-refractivity contribution in [2.45, 2.75) is 26.4 Å². The molecule has 1 aromatic heterocycles. The summed E-state index contributed by atoms with van der Waals surface area (Å²) in [6, 6.07) is 18.7. The fourth-order valence-corrected chi connectivity index (χ4v) is 4.23. The minimum atomic E-state index is -0.622. The summed E-state index contributed by atoms with van der Waals surface area (Å²) in [7, 11) is 2.90. The van der Waals surface area contributed by atoms with Crippen LogP contribution in [0.5, 0.6) is 11.5 Å². The van der Waals surface area contributed by atoms with Gasteiger partial charge in [-0.1, -0.05) is 30.3 Å². The van der Waals surface area contributed by atoms with Crippen molar-refractivity contribution >= 4 is 28.5 Å². The van der Waals surface area contributed by atoms with Gasteiger partial charge >= 0.3 is 11.7 Å². The SMILES string of the molecule is CCOC(=O)c1ccc(NC(=O)Cn2c(=O)n(CCc3ccccc3)c(=O)c3cc(OC)c(OC)cc32)cc1. The Bertz CT molecular complexity index is 1610. The Morgan fingerprint density at radius 3 is 2.18 bits per heavy atom. The molecule has 39 heavy (non-hydrogen) atoms. The van der Waals surface area contributed by atoms with Gasteiger partial charge < -0.3 is 19.5 Å². The van der Waals surface area contributed by atoms with Crippen LogP contribution in [0.15, 0.2) is 76.3 Å². The van der Waals surface area contributed by atoms with Crippen LogP contribution in [0.3, 0.4) is 0 Å². The Morgan fingerprint density at radius 1 is 0.872 bits per heavy atom. The van der Waals surface area contributed by atoms with Crippen LogP contribution in [0.4, 0.5) is 5.69 Å². The fraction of sp³-hybridized carbons (Fsp3) is 0.241. The summed E-state index contributed by atoms with van der Waals surface area (Å²) in [5.74, 6) is -0.316. The summed E-state index contributed by atoms with van der Waals surface area (Å²) >= 11 is 0. The van der Waals surface area contributed by atoms with E-state index >= 15 is 0 Å². The van der Waals surface area contributed by atoms with E-state index in [-0.39, 0.29) is 30.6 Å². The van der Waals surface area contributed by atoms with Crippen LogP contribution < -0.4 is 26.0 Å². The van der Waals surface area contributed by atoms with Crippen LogP contribution in [0.1, 0.15) is 22.8 Å². The Kier molecular flexibility index (Phi) is 8.45. The summed E-state index contributed by atoms with van der Waals surface area (Å²) < 4.78 is 18.1. The lowest BCUT2D eigenvalue weighted by molar-refractivity contribution is -0.116. The first-order valence-electron chi connectivity index (χ1n) is 12.4. The number of amides is 1. The Hall–Kier alpha value is -4.86. The van der Waals surface area contributed by atoms with Crippen molar-refractivity contribution in [2.75, 3.05) is 26.1 Å². The third-order valence-corrected chi connectivity index (χ3v) is 6.18. The highest BCUT2D eigenvalue weighted by Crippen LogP contribution is 2.30. The molecule has 10 heteroatoms. The molecule has 0 bridgehead atoms. The molecule has 0 aliphatic rings. The first-order chi connectivity index (χ1) is 18.9. The van der Waals surface area contributed by atoms with Crippen molar-refractivity contribution in [2.24, 2.45) is 0 Å². The van der Waals surface area contributed by atoms with Gasteiger partial charge in [-0.15, -0.1) is 0 Å². The number of aryl methyl sites for hydroxylation is 1. The summed E-state index contributed by atoms with van der Waals surface area (Å²) in [5.41, 5.74) is 0.880. The number of nitrogens with zero attached hydrogens (tertiary/aromatic N) is 2. The lowest BCUT2D eigenvalue weighted by atomic mass is 10.1. The molecular weight excluding hydrogens is 502 g/mol. The van der Waals surface area contributed by atoms with Crippen LogP contribution in [0.2, 0.25) is 0 Å². The van der Waals surface area contributed by atoms with Crippen LogP contribution in [0.25, 0.3) is 10.9 Å². The summed E-state index contributed by atoms with van der Waals surface area (Å²) in [6.45, 7) is 1.73. The number of ether oxygens (including phenoxy) is 3. The molecule has 0 aliphatic carbocycles. The second-order valence-electron chi connectivity index (χ2n) is 8.63. The zero-order valence-electron chi connectivity index (χ0n) is 21.9. The molecular formula is C29H29N3O7. The van der Waals surface area contributed by atoms with Crippen molar-refractivity contribution in [1.82, 2.24) is 9.13 Å². The summed E-state index contributed by atoms with van der Waals surface area (Å²) in [4.78, 5) is 51.9. The minimum Gasteiger partial charge on any atom is -0.493 e. The average molecular weight is 532 g/mol. The highest BCUT2D eigenvalue weighted by Gasteiger charge is 2.19. The van der Waals surface area contributed by atoms with Gasteiger partial charge in [-0.25, -0.2) is 9.59 Å². The zero-order valence-corrected chi connectivity index (χ0v) is 21.9. The Labute approximate surface area is 224 Å². The quantitative estimate of drug-likeness (QED) is 0.312. The number of benzene rings is 3. The van der Waals surface area contributed by atoms with E-state index in [0.29, 0.717) is 29.2 Å². The van der Waals surface area contributed by atoms with E-state index in [1.54, 1.807) is 19.1 Å². The third-order valence-electron chi connectivity index (χ3n) is 6.18. The van der Waals surface area contributed by atoms with Gasteiger partial charge in [-0.05, 0) is 49.2 Å². The number of anilines is 1. The standard InChI is InChI=1S/C29H29N3O7/c1-4-39-28(35)20-10-12-21(13-11-20)30-26(33)18-32-23-17-25(38-3)24(37-2)16-22(23)27(34)31(29(32)36)15-14-19-8-6-5-7-9-19/h5-13,16-17H,4,14-15,18H2,1-3H3,(H,30,33). The van der Waals surface area contributed by atoms with Gasteiger partial charge in [0.2, 0.25) is 5.91 Å². The molecule has 0 radical (unpaired) electrons. The van der Waals surface area contributed by atoms with Crippen LogP contribution in [-0.2, 0) is 29.0 Å². The van der Waals surface area contributed by atoms with Gasteiger partial charge in [-0.3, -0.25) is 18.7 Å². The predicted octanol–water partition coefficient (Wildman–Crippen LogP) is 3.24. The van der Waals surface area contributed by atoms with Gasteiger partial charge in [0.15, 0.2) is 11.5 Å². The van der Waals surface area contributed by atoms with Crippen LogP contribution in [0, 0.1) is 0 Å². The van der Waals surface area contributed by atoms with Crippen molar-refractivity contribution in [3.05, 3.63) is 98.7 Å². The molecule has 0 atom stereocenters. The molecule has 0 fully saturated rings. The maximum absolute atomic E-state index is 13.6. The smallest absolute Gasteiger partial charge is 0.338 e. The molecule has 0 saturated heterocycles. The van der Waals surface area contributed by atoms with E-state index < -0.39 is 23.1 Å². The normalized spacial score (nSPS) is 10.7. The number of nitrogens with one attached hydrogen (secondary N) is 1. The van der Waals surface area contributed by atoms with E-state index in [4.69, 9.17) is 14.2 Å². The van der Waals surface area contributed by atoms with Crippen LogP contribution >= 0.6 is 0 Å². The van der Waals surface area contributed by atoms with Gasteiger partial charge in [0.1, 0.15) is 6.54 Å². The molecule has 4 aromatic rings. The van der Waals surface area contributed by atoms with E-state index in [0.717, 1.165) is 10.1 Å². The number of fused-ring (bicyclic) bond motifs is 1. The first-order valence-corrected chi connectivity index (χ1v) is 12.4. The number of hydrogen-bond acceptors (Lipinski definition) is 7. The lowest BCUT2D eigenvalue weighted by Gasteiger charge is -2.16. The van der Waals surface area contributed by atoms with Crippen molar-refractivity contribution in [3.8, 4) is 11.5 Å². The van der Waals surface area contributed by atoms with E-state index in [2.05, 4.69) is 5.32 Å². The number of rotatable bonds is 10. The van der Waals surface area contributed by atoms with Crippen molar-refractivity contribution in [1.29, 1.82) is 0 Å². The van der Waals surface area contributed by atoms with E-state index in [1.165, 1.54) is 43.1 Å². The largest absolute Gasteiger partial charge is 0.493 e. The second-order valence-corrected chi connectivity index (χ2v) is 8.63. The lowest BCUT2D eigenvalue weighted by Crippen LogP contribution is -2.42. The Morgan fingerprint density at radius 2 is 1.54 bits per heavy atom. The first kappa shape index (κ1) is 27.2. The molecule has 4 rings (SSSR count). The number of aromatic nitrogens is 2. The molecule has 0 unspecified atom stereocenters. The predicted molar refractivity (Wildman–Crippen MR) is 147 cm³/mol. The van der Waals surface area contributed by atoms with E-state index in [9.17, 15) is 19.2 Å². The summed E-state index contributed by atoms with van der Waals surface area (Å²) in [6.07, 6.45) is 0.452. The molecule has 0 aliphatic heterocycles. The Balaban J connectivity index is 1.70. The third kappa shape index (κ3) is 6.01. The maximum Gasteiger partial charge on any atom is 0.338 e. The molecule has 0 spiro atoms. The van der Waals surface area contributed by atoms with Gasteiger partial charge in [0.05, 0.1) is 37.3 Å². The molecule has 1 heterocycles. The number of esters is 1. The van der Waals surface area contributed by atoms with Crippen molar-refractivity contribution < 1.29 is 23.8 Å². The molecule has 1 amide bonds. The molecule has 0 saturated carbocycles. The maximum atomic E-state index is 13.6. The fourth-order valence-electron chi connectivity index (χ4n) is 4.23. The topological polar surface area (TPSA) is 118 Å². The summed E-state index contributed by atoms with van der Waals surface area (Å²) in [5, 5.41) is 2.94. The molecule has 1 N–H and O–H groups in total. The van der Waals surface area contributed by atoms with E-state index in [1.807, 2.05) is 30.3 Å². The number of carbonyl (C=O) groups is 2.